The van der Waals surface area contributed by atoms with Crippen LogP contribution >= 0.6 is 11.6 Å². The van der Waals surface area contributed by atoms with E-state index in [1.807, 2.05) is 0 Å². The van der Waals surface area contributed by atoms with Crippen molar-refractivity contribution in [3.63, 3.8) is 0 Å². The minimum absolute atomic E-state index is 0.233. The van der Waals surface area contributed by atoms with Gasteiger partial charge in [-0.3, -0.25) is 4.79 Å². The Morgan fingerprint density at radius 3 is 3.07 bits per heavy atom. The number of H-pyrrole nitrogens is 1. The van der Waals surface area contributed by atoms with E-state index in [2.05, 4.69) is 20.3 Å². The molecule has 0 aliphatic carbocycles. The van der Waals surface area contributed by atoms with E-state index < -0.39 is 0 Å². The van der Waals surface area contributed by atoms with Crippen molar-refractivity contribution in [1.82, 2.24) is 15.0 Å². The van der Waals surface area contributed by atoms with Crippen molar-refractivity contribution in [3.05, 3.63) is 27.9 Å². The van der Waals surface area contributed by atoms with E-state index in [4.69, 9.17) is 11.6 Å². The van der Waals surface area contributed by atoms with Gasteiger partial charge in [0.15, 0.2) is 0 Å². The Labute approximate surface area is 84.2 Å². The van der Waals surface area contributed by atoms with Crippen molar-refractivity contribution in [2.45, 2.75) is 0 Å². The number of pyridine rings is 1. The van der Waals surface area contributed by atoms with Gasteiger partial charge in [-0.05, 0) is 0 Å². The summed E-state index contributed by atoms with van der Waals surface area (Å²) in [5.41, 5.74) is 0.293. The highest BCUT2D eigenvalue weighted by atomic mass is 35.5. The lowest BCUT2D eigenvalue weighted by molar-refractivity contribution is 1.16. The third-order valence-electron chi connectivity index (χ3n) is 1.83. The minimum Gasteiger partial charge on any atom is -0.372 e. The van der Waals surface area contributed by atoms with Crippen LogP contribution in [0.25, 0.3) is 10.9 Å². The third kappa shape index (κ3) is 1.31. The SMILES string of the molecule is CNc1nc(Cl)cc2nc[nH]c(=O)c12. The monoisotopic (exact) mass is 210 g/mol. The normalized spacial score (nSPS) is 10.4. The molecule has 0 atom stereocenters. The van der Waals surface area contributed by atoms with Gasteiger partial charge in [0.25, 0.3) is 5.56 Å². The molecular formula is C8H7ClN4O. The van der Waals surface area contributed by atoms with Crippen LogP contribution in [0.1, 0.15) is 0 Å². The van der Waals surface area contributed by atoms with E-state index in [-0.39, 0.29) is 5.56 Å². The Morgan fingerprint density at radius 1 is 1.57 bits per heavy atom. The van der Waals surface area contributed by atoms with Gasteiger partial charge in [-0.2, -0.15) is 0 Å². The maximum Gasteiger partial charge on any atom is 0.262 e. The number of halogens is 1. The van der Waals surface area contributed by atoms with Gasteiger partial charge in [-0.15, -0.1) is 0 Å². The molecular weight excluding hydrogens is 204 g/mol. The Hall–Kier alpha value is -1.62. The van der Waals surface area contributed by atoms with Crippen LogP contribution in [0.2, 0.25) is 5.15 Å². The molecule has 2 aromatic heterocycles. The summed E-state index contributed by atoms with van der Waals surface area (Å²) in [4.78, 5) is 21.9. The van der Waals surface area contributed by atoms with E-state index in [1.54, 1.807) is 13.1 Å². The Bertz CT molecular complexity index is 536. The van der Waals surface area contributed by atoms with Crippen LogP contribution in [0.15, 0.2) is 17.2 Å². The standard InChI is InChI=1S/C8H7ClN4O/c1-10-7-6-4(2-5(9)13-7)11-3-12-8(6)14/h2-3H,1H3,(H,10,13)(H,11,12,14). The van der Waals surface area contributed by atoms with Crippen LogP contribution in [0.3, 0.4) is 0 Å². The van der Waals surface area contributed by atoms with Crippen molar-refractivity contribution >= 4 is 28.3 Å². The number of hydrogen-bond acceptors (Lipinski definition) is 4. The number of aromatic amines is 1. The smallest absolute Gasteiger partial charge is 0.262 e. The summed E-state index contributed by atoms with van der Waals surface area (Å²) in [7, 11) is 1.67. The van der Waals surface area contributed by atoms with Crippen LogP contribution in [0, 0.1) is 0 Å². The molecule has 0 aromatic carbocycles. The lowest BCUT2D eigenvalue weighted by Gasteiger charge is -2.03. The predicted octanol–water partition coefficient (Wildman–Crippen LogP) is 1.01. The molecule has 0 aliphatic rings. The molecule has 2 N–H and O–H groups in total. The zero-order chi connectivity index (χ0) is 10.1. The number of nitrogens with zero attached hydrogens (tertiary/aromatic N) is 2. The van der Waals surface area contributed by atoms with Gasteiger partial charge in [0.05, 0.1) is 11.8 Å². The second kappa shape index (κ2) is 3.26. The molecule has 0 unspecified atom stereocenters. The lowest BCUT2D eigenvalue weighted by Crippen LogP contribution is -2.10. The first-order chi connectivity index (χ1) is 6.72. The van der Waals surface area contributed by atoms with Crippen LogP contribution < -0.4 is 10.9 Å². The summed E-state index contributed by atoms with van der Waals surface area (Å²) >= 11 is 5.75. The number of fused-ring (bicyclic) bond motifs is 1. The van der Waals surface area contributed by atoms with E-state index in [0.717, 1.165) is 0 Å². The quantitative estimate of drug-likeness (QED) is 0.690. The van der Waals surface area contributed by atoms with Crippen molar-refractivity contribution in [2.75, 3.05) is 12.4 Å². The van der Waals surface area contributed by atoms with Crippen molar-refractivity contribution in [1.29, 1.82) is 0 Å². The first-order valence-electron chi connectivity index (χ1n) is 3.94. The van der Waals surface area contributed by atoms with E-state index in [0.29, 0.717) is 21.9 Å². The molecule has 0 aliphatic heterocycles. The summed E-state index contributed by atoms with van der Waals surface area (Å²) in [5.74, 6) is 0.432. The van der Waals surface area contributed by atoms with Gasteiger partial charge in [0, 0.05) is 13.1 Å². The number of hydrogen-bond donors (Lipinski definition) is 2. The Balaban J connectivity index is 2.96. The second-order valence-electron chi connectivity index (χ2n) is 2.67. The number of anilines is 1. The van der Waals surface area contributed by atoms with E-state index in [1.165, 1.54) is 6.33 Å². The molecule has 5 nitrogen and oxygen atoms in total. The van der Waals surface area contributed by atoms with Crippen LogP contribution in [-0.4, -0.2) is 22.0 Å². The predicted molar refractivity (Wildman–Crippen MR) is 54.7 cm³/mol. The van der Waals surface area contributed by atoms with Crippen molar-refractivity contribution < 1.29 is 0 Å². The zero-order valence-corrected chi connectivity index (χ0v) is 8.09. The van der Waals surface area contributed by atoms with Gasteiger partial charge in [-0.1, -0.05) is 11.6 Å². The summed E-state index contributed by atoms with van der Waals surface area (Å²) in [5, 5.41) is 3.52. The maximum absolute atomic E-state index is 11.5. The summed E-state index contributed by atoms with van der Waals surface area (Å²) in [6, 6.07) is 1.55. The fraction of sp³-hybridized carbons (Fsp3) is 0.125. The van der Waals surface area contributed by atoms with Crippen LogP contribution in [-0.2, 0) is 0 Å². The highest BCUT2D eigenvalue weighted by Gasteiger charge is 2.07. The van der Waals surface area contributed by atoms with E-state index >= 15 is 0 Å². The summed E-state index contributed by atoms with van der Waals surface area (Å²) < 4.78 is 0. The Morgan fingerprint density at radius 2 is 2.36 bits per heavy atom. The van der Waals surface area contributed by atoms with Crippen LogP contribution in [0.5, 0.6) is 0 Å². The number of aromatic nitrogens is 3. The van der Waals surface area contributed by atoms with Crippen molar-refractivity contribution in [3.8, 4) is 0 Å². The fourth-order valence-corrected chi connectivity index (χ4v) is 1.43. The summed E-state index contributed by atoms with van der Waals surface area (Å²) in [6.45, 7) is 0. The zero-order valence-electron chi connectivity index (χ0n) is 7.34. The number of nitrogens with one attached hydrogen (secondary N) is 2. The molecule has 6 heteroatoms. The fourth-order valence-electron chi connectivity index (χ4n) is 1.24. The molecule has 0 saturated heterocycles. The average molecular weight is 211 g/mol. The molecule has 0 saturated carbocycles. The third-order valence-corrected chi connectivity index (χ3v) is 2.02. The highest BCUT2D eigenvalue weighted by molar-refractivity contribution is 6.30. The van der Waals surface area contributed by atoms with Gasteiger partial charge in [0.1, 0.15) is 16.4 Å². The van der Waals surface area contributed by atoms with Crippen LogP contribution in [0.4, 0.5) is 5.82 Å². The molecule has 0 radical (unpaired) electrons. The molecule has 0 spiro atoms. The first-order valence-corrected chi connectivity index (χ1v) is 4.32. The van der Waals surface area contributed by atoms with Gasteiger partial charge in [-0.25, -0.2) is 9.97 Å². The van der Waals surface area contributed by atoms with E-state index in [9.17, 15) is 4.79 Å². The van der Waals surface area contributed by atoms with Gasteiger partial charge in [0.2, 0.25) is 0 Å². The topological polar surface area (TPSA) is 70.7 Å². The van der Waals surface area contributed by atoms with Crippen molar-refractivity contribution in [2.24, 2.45) is 0 Å². The Kier molecular flexibility index (Phi) is 2.09. The molecule has 2 heterocycles. The first kappa shape index (κ1) is 8.96. The van der Waals surface area contributed by atoms with Gasteiger partial charge < -0.3 is 10.3 Å². The molecule has 0 bridgehead atoms. The van der Waals surface area contributed by atoms with Gasteiger partial charge >= 0.3 is 0 Å². The molecule has 72 valence electrons. The molecule has 2 rings (SSSR count). The molecule has 2 aromatic rings. The highest BCUT2D eigenvalue weighted by Crippen LogP contribution is 2.18. The molecule has 0 fully saturated rings. The maximum atomic E-state index is 11.5. The average Bonchev–Trinajstić information content (AvgIpc) is 2.16. The second-order valence-corrected chi connectivity index (χ2v) is 3.06. The largest absolute Gasteiger partial charge is 0.372 e. The summed E-state index contributed by atoms with van der Waals surface area (Å²) in [6.07, 6.45) is 1.33. The lowest BCUT2D eigenvalue weighted by atomic mass is 10.3. The molecule has 0 amide bonds. The number of rotatable bonds is 1. The minimum atomic E-state index is -0.233. The molecule has 14 heavy (non-hydrogen) atoms.